The van der Waals surface area contributed by atoms with E-state index in [1.807, 2.05) is 0 Å². The molecule has 0 saturated heterocycles. The Morgan fingerprint density at radius 3 is 2.53 bits per heavy atom. The van der Waals surface area contributed by atoms with Crippen molar-refractivity contribution in [2.24, 2.45) is 4.99 Å². The number of ether oxygens (including phenoxy) is 2. The minimum atomic E-state index is -4.35. The van der Waals surface area contributed by atoms with E-state index in [0.717, 1.165) is 17.7 Å². The van der Waals surface area contributed by atoms with Gasteiger partial charge in [-0.3, -0.25) is 4.99 Å². The Morgan fingerprint density at radius 1 is 1.13 bits per heavy atom. The average Bonchev–Trinajstić information content (AvgIpc) is 2.70. The molecule has 0 atom stereocenters. The van der Waals surface area contributed by atoms with Crippen molar-refractivity contribution in [3.8, 4) is 5.75 Å². The second kappa shape index (κ2) is 10.8. The summed E-state index contributed by atoms with van der Waals surface area (Å²) >= 11 is 0. The fourth-order valence-corrected chi connectivity index (χ4v) is 2.98. The second-order valence-corrected chi connectivity index (χ2v) is 6.46. The van der Waals surface area contributed by atoms with E-state index in [0.29, 0.717) is 49.0 Å². The number of hydrogen-bond acceptors (Lipinski definition) is 3. The number of nitrogens with zero attached hydrogens (tertiary/aromatic N) is 1. The molecule has 3 rings (SSSR count). The summed E-state index contributed by atoms with van der Waals surface area (Å²) in [5, 5.41) is 6.14. The lowest BCUT2D eigenvalue weighted by Gasteiger charge is -2.21. The number of halogens is 5. The van der Waals surface area contributed by atoms with E-state index in [9.17, 15) is 17.6 Å². The van der Waals surface area contributed by atoms with E-state index in [2.05, 4.69) is 15.6 Å². The first kappa shape index (κ1) is 24.2. The van der Waals surface area contributed by atoms with Crippen LogP contribution in [-0.4, -0.2) is 26.3 Å². The highest BCUT2D eigenvalue weighted by Gasteiger charge is 2.29. The molecule has 0 radical (unpaired) electrons. The van der Waals surface area contributed by atoms with Crippen LogP contribution >= 0.6 is 24.0 Å². The first-order valence-electron chi connectivity index (χ1n) is 8.99. The molecular formula is C20H22F4IN3O2. The van der Waals surface area contributed by atoms with Crippen LogP contribution in [0.3, 0.4) is 0 Å². The van der Waals surface area contributed by atoms with Crippen LogP contribution in [-0.2, 0) is 30.5 Å². The molecule has 0 saturated carbocycles. The van der Waals surface area contributed by atoms with Gasteiger partial charge in [-0.25, -0.2) is 4.39 Å². The molecule has 0 spiro atoms. The van der Waals surface area contributed by atoms with Crippen molar-refractivity contribution in [3.05, 3.63) is 64.5 Å². The number of benzene rings is 2. The van der Waals surface area contributed by atoms with E-state index >= 15 is 0 Å². The molecule has 0 unspecified atom stereocenters. The third kappa shape index (κ3) is 6.46. The van der Waals surface area contributed by atoms with Gasteiger partial charge in [0.15, 0.2) is 12.8 Å². The highest BCUT2D eigenvalue weighted by Crippen LogP contribution is 2.30. The Balaban J connectivity index is 0.00000320. The van der Waals surface area contributed by atoms with Gasteiger partial charge >= 0.3 is 6.18 Å². The van der Waals surface area contributed by atoms with Gasteiger partial charge in [0.25, 0.3) is 0 Å². The van der Waals surface area contributed by atoms with Crippen molar-refractivity contribution in [3.63, 3.8) is 0 Å². The number of guanidine groups is 1. The zero-order valence-electron chi connectivity index (χ0n) is 16.2. The van der Waals surface area contributed by atoms with Gasteiger partial charge in [0.2, 0.25) is 0 Å². The number of nitrogens with one attached hydrogen (secondary N) is 2. The van der Waals surface area contributed by atoms with Crippen molar-refractivity contribution < 1.29 is 27.0 Å². The average molecular weight is 539 g/mol. The fraction of sp³-hybridized carbons (Fsp3) is 0.350. The van der Waals surface area contributed by atoms with Crippen LogP contribution in [0, 0.1) is 5.82 Å². The minimum absolute atomic E-state index is 0. The predicted octanol–water partition coefficient (Wildman–Crippen LogP) is 4.24. The molecule has 0 fully saturated rings. The molecule has 0 amide bonds. The first-order valence-corrected chi connectivity index (χ1v) is 8.99. The van der Waals surface area contributed by atoms with E-state index < -0.39 is 11.7 Å². The second-order valence-electron chi connectivity index (χ2n) is 6.46. The van der Waals surface area contributed by atoms with Gasteiger partial charge in [-0.15, -0.1) is 24.0 Å². The maximum Gasteiger partial charge on any atom is 0.416 e. The number of fused-ring (bicyclic) bond motifs is 1. The first-order chi connectivity index (χ1) is 13.9. The quantitative estimate of drug-likeness (QED) is 0.259. The fourth-order valence-electron chi connectivity index (χ4n) is 2.98. The molecule has 30 heavy (non-hydrogen) atoms. The van der Waals surface area contributed by atoms with Crippen LogP contribution in [0.25, 0.3) is 0 Å². The summed E-state index contributed by atoms with van der Waals surface area (Å²) in [4.78, 5) is 4.09. The zero-order valence-corrected chi connectivity index (χ0v) is 18.5. The van der Waals surface area contributed by atoms with Crippen molar-refractivity contribution in [2.45, 2.75) is 25.7 Å². The van der Waals surface area contributed by atoms with Crippen molar-refractivity contribution in [1.82, 2.24) is 10.6 Å². The molecule has 10 heteroatoms. The molecule has 0 aliphatic carbocycles. The van der Waals surface area contributed by atoms with Crippen LogP contribution in [0.1, 0.15) is 22.3 Å². The molecule has 0 bridgehead atoms. The number of alkyl halides is 3. The van der Waals surface area contributed by atoms with E-state index in [-0.39, 0.29) is 36.6 Å². The van der Waals surface area contributed by atoms with Crippen LogP contribution < -0.4 is 15.4 Å². The van der Waals surface area contributed by atoms with Gasteiger partial charge in [-0.05, 0) is 41.8 Å². The summed E-state index contributed by atoms with van der Waals surface area (Å²) in [6.45, 7) is 1.22. The molecule has 2 N–H and O–H groups in total. The topological polar surface area (TPSA) is 54.9 Å². The lowest BCUT2D eigenvalue weighted by molar-refractivity contribution is -0.137. The lowest BCUT2D eigenvalue weighted by Crippen LogP contribution is -2.38. The molecule has 1 heterocycles. The highest BCUT2D eigenvalue weighted by atomic mass is 127. The largest absolute Gasteiger partial charge is 0.467 e. The number of aliphatic imine (C=N–C) groups is 1. The maximum absolute atomic E-state index is 13.8. The highest BCUT2D eigenvalue weighted by molar-refractivity contribution is 14.0. The molecule has 5 nitrogen and oxygen atoms in total. The standard InChI is InChI=1S/C20H21F4N3O2.HI/c1-25-19(27-10-13-2-4-16(5-3-13)20(22,23)24)26-7-6-14-8-17(21)9-15-11-28-12-29-18(14)15;/h2-5,8-9H,6-7,10-12H2,1H3,(H2,25,26,27);1H. The van der Waals surface area contributed by atoms with Gasteiger partial charge in [0.1, 0.15) is 11.6 Å². The third-order valence-electron chi connectivity index (χ3n) is 4.40. The van der Waals surface area contributed by atoms with E-state index in [1.54, 1.807) is 7.05 Å². The summed E-state index contributed by atoms with van der Waals surface area (Å²) in [7, 11) is 1.59. The lowest BCUT2D eigenvalue weighted by atomic mass is 10.1. The SMILES string of the molecule is CN=C(NCCc1cc(F)cc2c1OCOC2)NCc1ccc(C(F)(F)F)cc1.I. The monoisotopic (exact) mass is 539 g/mol. The summed E-state index contributed by atoms with van der Waals surface area (Å²) in [5.41, 5.74) is 1.41. The summed E-state index contributed by atoms with van der Waals surface area (Å²) in [6.07, 6.45) is -3.85. The van der Waals surface area contributed by atoms with Gasteiger partial charge in [-0.1, -0.05) is 12.1 Å². The summed E-state index contributed by atoms with van der Waals surface area (Å²) < 4.78 is 62.3. The van der Waals surface area contributed by atoms with E-state index in [1.165, 1.54) is 24.3 Å². The van der Waals surface area contributed by atoms with Crippen LogP contribution in [0.4, 0.5) is 17.6 Å². The number of rotatable bonds is 5. The van der Waals surface area contributed by atoms with Crippen LogP contribution in [0.5, 0.6) is 5.75 Å². The van der Waals surface area contributed by atoms with Crippen LogP contribution in [0.2, 0.25) is 0 Å². The number of hydrogen-bond donors (Lipinski definition) is 2. The minimum Gasteiger partial charge on any atom is -0.467 e. The molecule has 2 aromatic rings. The Hall–Kier alpha value is -2.08. The predicted molar refractivity (Wildman–Crippen MR) is 115 cm³/mol. The van der Waals surface area contributed by atoms with Crippen molar-refractivity contribution in [2.75, 3.05) is 20.4 Å². The molecule has 0 aromatic heterocycles. The smallest absolute Gasteiger partial charge is 0.416 e. The summed E-state index contributed by atoms with van der Waals surface area (Å²) in [6, 6.07) is 7.76. The Bertz CT molecular complexity index is 874. The normalized spacial score (nSPS) is 13.7. The van der Waals surface area contributed by atoms with Crippen molar-refractivity contribution >= 4 is 29.9 Å². The molecule has 1 aliphatic heterocycles. The Morgan fingerprint density at radius 2 is 1.87 bits per heavy atom. The van der Waals surface area contributed by atoms with Crippen LogP contribution in [0.15, 0.2) is 41.4 Å². The maximum atomic E-state index is 13.8. The molecule has 2 aromatic carbocycles. The van der Waals surface area contributed by atoms with E-state index in [4.69, 9.17) is 9.47 Å². The van der Waals surface area contributed by atoms with Gasteiger partial charge in [0.05, 0.1) is 12.2 Å². The van der Waals surface area contributed by atoms with Crippen molar-refractivity contribution in [1.29, 1.82) is 0 Å². The Kier molecular flexibility index (Phi) is 8.71. The van der Waals surface area contributed by atoms with Gasteiger partial charge in [-0.2, -0.15) is 13.2 Å². The molecule has 1 aliphatic rings. The van der Waals surface area contributed by atoms with Gasteiger partial charge < -0.3 is 20.1 Å². The zero-order chi connectivity index (χ0) is 20.9. The molecule has 164 valence electrons. The molecular weight excluding hydrogens is 517 g/mol. The summed E-state index contributed by atoms with van der Waals surface area (Å²) in [5.74, 6) is 0.782. The van der Waals surface area contributed by atoms with Gasteiger partial charge in [0, 0.05) is 25.7 Å². The third-order valence-corrected chi connectivity index (χ3v) is 4.40. The Labute approximate surface area is 188 Å².